The second-order valence-electron chi connectivity index (χ2n) is 10.5. The number of aliphatic hydroxyl groups excluding tert-OH is 1. The predicted molar refractivity (Wildman–Crippen MR) is 132 cm³/mol. The van der Waals surface area contributed by atoms with E-state index in [-0.39, 0.29) is 62.4 Å². The Balaban J connectivity index is 1.32. The Morgan fingerprint density at radius 1 is 0.925 bits per heavy atom. The van der Waals surface area contributed by atoms with Gasteiger partial charge in [-0.2, -0.15) is 0 Å². The molecule has 0 radical (unpaired) electrons. The maximum absolute atomic E-state index is 13.3. The standard InChI is InChI=1S/C28H30O12/c1-32-19-3-12(4-20(33-2)25(19)30)23-13-5-17-18(37-11-36-17)6-14(13)26(15-8-35-28(31)24(15)23)40-22-7-16(29)27-21(39-22)9-34-10-38-27/h3-6,15-16,21-24,26-27,29-30H,7-11H2,1-2H3/t15?,16?,21?,22-,23+,24?,26?,27?/m0/s1. The van der Waals surface area contributed by atoms with Crippen molar-refractivity contribution in [3.63, 3.8) is 0 Å². The van der Waals surface area contributed by atoms with Gasteiger partial charge in [-0.3, -0.25) is 4.79 Å². The molecule has 2 aromatic rings. The molecule has 3 fully saturated rings. The summed E-state index contributed by atoms with van der Waals surface area (Å²) in [5, 5.41) is 21.3. The van der Waals surface area contributed by atoms with E-state index in [1.54, 1.807) is 12.1 Å². The van der Waals surface area contributed by atoms with Gasteiger partial charge >= 0.3 is 5.97 Å². The van der Waals surface area contributed by atoms with Gasteiger partial charge in [0.05, 0.1) is 45.6 Å². The van der Waals surface area contributed by atoms with Crippen LogP contribution < -0.4 is 18.9 Å². The number of carbonyl (C=O) groups excluding carboxylic acids is 1. The fourth-order valence-electron chi connectivity index (χ4n) is 6.58. The fourth-order valence-corrected chi connectivity index (χ4v) is 6.58. The molecule has 0 amide bonds. The molecular weight excluding hydrogens is 528 g/mol. The van der Waals surface area contributed by atoms with Crippen LogP contribution in [0.4, 0.5) is 0 Å². The van der Waals surface area contributed by atoms with E-state index in [0.29, 0.717) is 17.1 Å². The normalized spacial score (nSPS) is 33.9. The number of aromatic hydroxyl groups is 1. The van der Waals surface area contributed by atoms with E-state index in [1.807, 2.05) is 12.1 Å². The van der Waals surface area contributed by atoms with Crippen LogP contribution in [0.3, 0.4) is 0 Å². The predicted octanol–water partition coefficient (Wildman–Crippen LogP) is 1.98. The lowest BCUT2D eigenvalue weighted by Gasteiger charge is -2.44. The lowest BCUT2D eigenvalue weighted by atomic mass is 9.66. The van der Waals surface area contributed by atoms with Gasteiger partial charge in [0.2, 0.25) is 12.5 Å². The largest absolute Gasteiger partial charge is 0.502 e. The number of phenols is 1. The Kier molecular flexibility index (Phi) is 6.39. The minimum absolute atomic E-state index is 0.0746. The Morgan fingerprint density at radius 3 is 2.38 bits per heavy atom. The SMILES string of the molecule is COc1cc([C@@H]2c3cc4c(cc3C(O[C@H]3CC(O)C5OCOCC5O3)C3COC(=O)C32)OCO4)cc(OC)c1O. The number of benzene rings is 2. The zero-order valence-electron chi connectivity index (χ0n) is 21.9. The lowest BCUT2D eigenvalue weighted by molar-refractivity contribution is -0.319. The highest BCUT2D eigenvalue weighted by Crippen LogP contribution is 2.57. The molecule has 4 aliphatic heterocycles. The number of ether oxygens (including phenoxy) is 9. The number of cyclic esters (lactones) is 1. The molecule has 12 heteroatoms. The molecule has 40 heavy (non-hydrogen) atoms. The third-order valence-electron chi connectivity index (χ3n) is 8.41. The molecule has 2 N–H and O–H groups in total. The molecule has 7 rings (SSSR count). The average Bonchev–Trinajstić information content (AvgIpc) is 3.58. The average molecular weight is 559 g/mol. The fraction of sp³-hybridized carbons (Fsp3) is 0.536. The summed E-state index contributed by atoms with van der Waals surface area (Å²) in [6.45, 7) is 0.596. The van der Waals surface area contributed by atoms with Crippen LogP contribution in [0.15, 0.2) is 24.3 Å². The molecule has 2 aromatic carbocycles. The number of rotatable bonds is 5. The molecule has 1 aliphatic carbocycles. The molecule has 3 saturated heterocycles. The van der Waals surface area contributed by atoms with Crippen molar-refractivity contribution >= 4 is 5.97 Å². The van der Waals surface area contributed by atoms with Crippen LogP contribution in [0.25, 0.3) is 0 Å². The number of methoxy groups -OCH3 is 2. The summed E-state index contributed by atoms with van der Waals surface area (Å²) in [7, 11) is 2.90. The summed E-state index contributed by atoms with van der Waals surface area (Å²) in [6, 6.07) is 7.13. The van der Waals surface area contributed by atoms with E-state index in [0.717, 1.165) is 11.1 Å². The third kappa shape index (κ3) is 4.05. The highest BCUT2D eigenvalue weighted by atomic mass is 16.7. The van der Waals surface area contributed by atoms with Gasteiger partial charge in [-0.05, 0) is 41.0 Å². The minimum atomic E-state index is -0.797. The topological polar surface area (TPSA) is 141 Å². The van der Waals surface area contributed by atoms with Crippen LogP contribution in [0.2, 0.25) is 0 Å². The molecule has 0 bridgehead atoms. The summed E-state index contributed by atoms with van der Waals surface area (Å²) in [4.78, 5) is 13.3. The van der Waals surface area contributed by atoms with Crippen molar-refractivity contribution < 1.29 is 57.6 Å². The molecular formula is C28H30O12. The maximum atomic E-state index is 13.3. The van der Waals surface area contributed by atoms with E-state index >= 15 is 0 Å². The van der Waals surface area contributed by atoms with Gasteiger partial charge in [0, 0.05) is 18.3 Å². The van der Waals surface area contributed by atoms with Crippen molar-refractivity contribution in [3.05, 3.63) is 41.0 Å². The third-order valence-corrected chi connectivity index (χ3v) is 8.41. The van der Waals surface area contributed by atoms with Crippen molar-refractivity contribution in [2.45, 2.75) is 43.0 Å². The molecule has 4 heterocycles. The van der Waals surface area contributed by atoms with Crippen LogP contribution >= 0.6 is 0 Å². The van der Waals surface area contributed by atoms with Crippen molar-refractivity contribution in [1.82, 2.24) is 0 Å². The smallest absolute Gasteiger partial charge is 0.310 e. The second-order valence-corrected chi connectivity index (χ2v) is 10.5. The molecule has 12 nitrogen and oxygen atoms in total. The second kappa shape index (κ2) is 9.96. The summed E-state index contributed by atoms with van der Waals surface area (Å²) in [6.07, 6.45) is -2.96. The Labute approximate surface area is 229 Å². The van der Waals surface area contributed by atoms with Gasteiger partial charge in [0.25, 0.3) is 0 Å². The highest BCUT2D eigenvalue weighted by molar-refractivity contribution is 5.79. The number of fused-ring (bicyclic) bond motifs is 4. The van der Waals surface area contributed by atoms with Crippen molar-refractivity contribution in [1.29, 1.82) is 0 Å². The van der Waals surface area contributed by atoms with Gasteiger partial charge < -0.3 is 52.8 Å². The summed E-state index contributed by atoms with van der Waals surface area (Å²) in [5.41, 5.74) is 2.27. The molecule has 5 aliphatic rings. The molecule has 8 atom stereocenters. The number of carbonyl (C=O) groups is 1. The molecule has 0 spiro atoms. The van der Waals surface area contributed by atoms with E-state index in [4.69, 9.17) is 42.6 Å². The number of hydrogen-bond acceptors (Lipinski definition) is 12. The first-order chi connectivity index (χ1) is 19.5. The lowest BCUT2D eigenvalue weighted by Crippen LogP contribution is -2.55. The van der Waals surface area contributed by atoms with E-state index in [1.165, 1.54) is 14.2 Å². The number of hydrogen-bond donors (Lipinski definition) is 2. The molecule has 0 aromatic heterocycles. The van der Waals surface area contributed by atoms with Gasteiger partial charge in [0.15, 0.2) is 29.3 Å². The van der Waals surface area contributed by atoms with Crippen LogP contribution in [0.5, 0.6) is 28.7 Å². The van der Waals surface area contributed by atoms with Gasteiger partial charge in [-0.25, -0.2) is 0 Å². The summed E-state index contributed by atoms with van der Waals surface area (Å²) in [5.74, 6) is -0.449. The van der Waals surface area contributed by atoms with E-state index < -0.39 is 42.5 Å². The van der Waals surface area contributed by atoms with Gasteiger partial charge in [0.1, 0.15) is 19.0 Å². The van der Waals surface area contributed by atoms with Crippen LogP contribution in [-0.2, 0) is 28.5 Å². The number of phenolic OH excluding ortho intramolecular Hbond substituents is 1. The first kappa shape index (κ1) is 25.7. The minimum Gasteiger partial charge on any atom is -0.502 e. The molecule has 214 valence electrons. The van der Waals surface area contributed by atoms with Gasteiger partial charge in [-0.15, -0.1) is 0 Å². The highest BCUT2D eigenvalue weighted by Gasteiger charge is 2.54. The number of esters is 1. The van der Waals surface area contributed by atoms with Crippen molar-refractivity contribution in [2.24, 2.45) is 11.8 Å². The monoisotopic (exact) mass is 558 g/mol. The Morgan fingerprint density at radius 2 is 1.65 bits per heavy atom. The Hall–Kier alpha value is -3.29. The van der Waals surface area contributed by atoms with Crippen LogP contribution in [0, 0.1) is 11.8 Å². The van der Waals surface area contributed by atoms with Crippen LogP contribution in [-0.4, -0.2) is 81.8 Å². The van der Waals surface area contributed by atoms with E-state index in [2.05, 4.69) is 0 Å². The zero-order valence-corrected chi connectivity index (χ0v) is 21.9. The number of aliphatic hydroxyl groups is 1. The molecule has 0 saturated carbocycles. The van der Waals surface area contributed by atoms with Crippen LogP contribution in [0.1, 0.15) is 35.1 Å². The van der Waals surface area contributed by atoms with Gasteiger partial charge in [-0.1, -0.05) is 0 Å². The first-order valence-corrected chi connectivity index (χ1v) is 13.2. The van der Waals surface area contributed by atoms with Crippen molar-refractivity contribution in [3.8, 4) is 28.7 Å². The quantitative estimate of drug-likeness (QED) is 0.519. The zero-order chi connectivity index (χ0) is 27.5. The Bertz CT molecular complexity index is 1290. The molecule has 6 unspecified atom stereocenters. The van der Waals surface area contributed by atoms with E-state index in [9.17, 15) is 15.0 Å². The first-order valence-electron chi connectivity index (χ1n) is 13.2. The van der Waals surface area contributed by atoms with Crippen molar-refractivity contribution in [2.75, 3.05) is 41.0 Å². The summed E-state index contributed by atoms with van der Waals surface area (Å²) >= 11 is 0. The maximum Gasteiger partial charge on any atom is 0.310 e. The summed E-state index contributed by atoms with van der Waals surface area (Å²) < 4.78 is 51.5.